The van der Waals surface area contributed by atoms with Gasteiger partial charge in [0.2, 0.25) is 0 Å². The zero-order valence-corrected chi connectivity index (χ0v) is 11.1. The van der Waals surface area contributed by atoms with Gasteiger partial charge in [-0.3, -0.25) is 4.79 Å². The lowest BCUT2D eigenvalue weighted by Crippen LogP contribution is -2.14. The van der Waals surface area contributed by atoms with Gasteiger partial charge in [-0.25, -0.2) is 0 Å². The maximum atomic E-state index is 12.0. The molecule has 1 aromatic heterocycles. The van der Waals surface area contributed by atoms with Gasteiger partial charge in [0.05, 0.1) is 5.69 Å². The summed E-state index contributed by atoms with van der Waals surface area (Å²) in [6.07, 6.45) is 0. The lowest BCUT2D eigenvalue weighted by atomic mass is 10.1. The number of rotatable bonds is 5. The molecule has 21 heavy (non-hydrogen) atoms. The lowest BCUT2D eigenvalue weighted by Gasteiger charge is -2.05. The first-order valence-electron chi connectivity index (χ1n) is 6.39. The molecule has 0 atom stereocenters. The maximum absolute atomic E-state index is 12.0. The topological polar surface area (TPSA) is 69.9 Å². The maximum Gasteiger partial charge on any atom is 0.340 e. The Morgan fingerprint density at radius 2 is 1.67 bits per heavy atom. The quantitative estimate of drug-likeness (QED) is 0.668. The molecule has 3 rings (SSSR count). The monoisotopic (exact) mass is 280 g/mol. The second kappa shape index (κ2) is 5.96. The van der Waals surface area contributed by atoms with Crippen molar-refractivity contribution in [1.82, 2.24) is 20.2 Å². The summed E-state index contributed by atoms with van der Waals surface area (Å²) in [5.41, 5.74) is 1.36. The first-order chi connectivity index (χ1) is 10.3. The number of carbonyl (C=O) groups excluding carboxylic acids is 1. The van der Waals surface area contributed by atoms with Crippen LogP contribution < -0.4 is 4.74 Å². The van der Waals surface area contributed by atoms with Gasteiger partial charge in [-0.1, -0.05) is 53.6 Å². The summed E-state index contributed by atoms with van der Waals surface area (Å²) in [6.45, 7) is -0.114. The summed E-state index contributed by atoms with van der Waals surface area (Å²) in [7, 11) is 0. The summed E-state index contributed by atoms with van der Waals surface area (Å²) < 4.78 is 6.87. The number of hydrogen-bond donors (Lipinski definition) is 0. The minimum absolute atomic E-state index is 0.114. The smallest absolute Gasteiger partial charge is 0.340 e. The van der Waals surface area contributed by atoms with Gasteiger partial charge in [0.1, 0.15) is 0 Å². The van der Waals surface area contributed by atoms with Gasteiger partial charge in [-0.15, -0.1) is 0 Å². The standard InChI is InChI=1S/C15H12N4O2/c20-14(12-7-3-1-4-8-12)11-21-15-16-17-18-19(15)13-9-5-2-6-10-13/h1-10H,11H2. The van der Waals surface area contributed by atoms with Crippen molar-refractivity contribution in [2.45, 2.75) is 0 Å². The Kier molecular flexibility index (Phi) is 3.68. The molecule has 0 saturated carbocycles. The van der Waals surface area contributed by atoms with Gasteiger partial charge >= 0.3 is 6.01 Å². The van der Waals surface area contributed by atoms with Crippen LogP contribution in [0.3, 0.4) is 0 Å². The van der Waals surface area contributed by atoms with E-state index in [4.69, 9.17) is 4.74 Å². The van der Waals surface area contributed by atoms with Crippen molar-refractivity contribution in [3.8, 4) is 11.7 Å². The average Bonchev–Trinajstić information content (AvgIpc) is 3.03. The second-order valence-electron chi connectivity index (χ2n) is 4.29. The van der Waals surface area contributed by atoms with E-state index in [9.17, 15) is 4.79 Å². The molecular formula is C15H12N4O2. The molecule has 0 N–H and O–H groups in total. The van der Waals surface area contributed by atoms with E-state index < -0.39 is 0 Å². The molecule has 2 aromatic carbocycles. The van der Waals surface area contributed by atoms with Crippen LogP contribution in [0, 0.1) is 0 Å². The highest BCUT2D eigenvalue weighted by molar-refractivity contribution is 5.97. The molecular weight excluding hydrogens is 268 g/mol. The molecule has 0 unspecified atom stereocenters. The highest BCUT2D eigenvalue weighted by atomic mass is 16.5. The second-order valence-corrected chi connectivity index (χ2v) is 4.29. The Balaban J connectivity index is 1.73. The number of para-hydroxylation sites is 1. The van der Waals surface area contributed by atoms with E-state index in [1.807, 2.05) is 36.4 Å². The Morgan fingerprint density at radius 1 is 1.00 bits per heavy atom. The summed E-state index contributed by atoms with van der Waals surface area (Å²) in [5.74, 6) is -0.127. The summed E-state index contributed by atoms with van der Waals surface area (Å²) in [5, 5.41) is 11.2. The van der Waals surface area contributed by atoms with Crippen LogP contribution in [0.4, 0.5) is 0 Å². The zero-order valence-electron chi connectivity index (χ0n) is 11.1. The van der Waals surface area contributed by atoms with Crippen LogP contribution in [0.1, 0.15) is 10.4 Å². The Hall–Kier alpha value is -3.02. The van der Waals surface area contributed by atoms with Crippen molar-refractivity contribution in [2.24, 2.45) is 0 Å². The lowest BCUT2D eigenvalue weighted by molar-refractivity contribution is 0.0912. The van der Waals surface area contributed by atoms with Gasteiger partial charge in [-0.2, -0.15) is 4.68 Å². The van der Waals surface area contributed by atoms with E-state index in [2.05, 4.69) is 15.5 Å². The molecule has 6 nitrogen and oxygen atoms in total. The fourth-order valence-corrected chi connectivity index (χ4v) is 1.84. The molecule has 0 spiro atoms. The van der Waals surface area contributed by atoms with E-state index in [0.717, 1.165) is 5.69 Å². The molecule has 0 aliphatic carbocycles. The number of hydrogen-bond acceptors (Lipinski definition) is 5. The molecule has 0 amide bonds. The Morgan fingerprint density at radius 3 is 2.38 bits per heavy atom. The number of nitrogens with zero attached hydrogens (tertiary/aromatic N) is 4. The number of aromatic nitrogens is 4. The molecule has 0 aliphatic heterocycles. The van der Waals surface area contributed by atoms with Crippen LogP contribution in [-0.4, -0.2) is 32.6 Å². The van der Waals surface area contributed by atoms with Crippen LogP contribution in [0.5, 0.6) is 6.01 Å². The first kappa shape index (κ1) is 13.0. The van der Waals surface area contributed by atoms with E-state index in [1.165, 1.54) is 4.68 Å². The molecule has 0 bridgehead atoms. The zero-order chi connectivity index (χ0) is 14.5. The summed E-state index contributed by atoms with van der Waals surface area (Å²) in [6, 6.07) is 18.5. The van der Waals surface area contributed by atoms with E-state index in [1.54, 1.807) is 24.3 Å². The average molecular weight is 280 g/mol. The molecule has 3 aromatic rings. The number of carbonyl (C=O) groups is 1. The summed E-state index contributed by atoms with van der Waals surface area (Å²) in [4.78, 5) is 12.0. The van der Waals surface area contributed by atoms with Crippen LogP contribution >= 0.6 is 0 Å². The van der Waals surface area contributed by atoms with Crippen LogP contribution in [0.25, 0.3) is 5.69 Å². The Bertz CT molecular complexity index is 726. The summed E-state index contributed by atoms with van der Waals surface area (Å²) >= 11 is 0. The number of ketones is 1. The molecule has 0 fully saturated rings. The van der Waals surface area contributed by atoms with Crippen molar-refractivity contribution in [3.63, 3.8) is 0 Å². The number of ether oxygens (including phenoxy) is 1. The third-order valence-corrected chi connectivity index (χ3v) is 2.87. The largest absolute Gasteiger partial charge is 0.454 e. The van der Waals surface area contributed by atoms with Crippen LogP contribution in [-0.2, 0) is 0 Å². The highest BCUT2D eigenvalue weighted by Crippen LogP contribution is 2.12. The predicted octanol–water partition coefficient (Wildman–Crippen LogP) is 1.92. The van der Waals surface area contributed by atoms with Gasteiger partial charge in [-0.05, 0) is 22.6 Å². The van der Waals surface area contributed by atoms with Gasteiger partial charge in [0, 0.05) is 5.56 Å². The van der Waals surface area contributed by atoms with Gasteiger partial charge in [0.25, 0.3) is 0 Å². The van der Waals surface area contributed by atoms with Crippen LogP contribution in [0.2, 0.25) is 0 Å². The molecule has 0 radical (unpaired) electrons. The van der Waals surface area contributed by atoms with Crippen molar-refractivity contribution >= 4 is 5.78 Å². The Labute approximate surface area is 121 Å². The molecule has 1 heterocycles. The van der Waals surface area contributed by atoms with E-state index in [-0.39, 0.29) is 18.4 Å². The SMILES string of the molecule is O=C(COc1nnnn1-c1ccccc1)c1ccccc1. The number of Topliss-reactive ketones (excluding diaryl/α,β-unsaturated/α-hetero) is 1. The van der Waals surface area contributed by atoms with Crippen molar-refractivity contribution < 1.29 is 9.53 Å². The molecule has 6 heteroatoms. The molecule has 104 valence electrons. The minimum Gasteiger partial charge on any atom is -0.454 e. The van der Waals surface area contributed by atoms with Crippen LogP contribution in [0.15, 0.2) is 60.7 Å². The van der Waals surface area contributed by atoms with Crippen molar-refractivity contribution in [1.29, 1.82) is 0 Å². The number of benzene rings is 2. The van der Waals surface area contributed by atoms with Crippen molar-refractivity contribution in [3.05, 3.63) is 66.2 Å². The molecule has 0 aliphatic rings. The highest BCUT2D eigenvalue weighted by Gasteiger charge is 2.12. The fraction of sp³-hybridized carbons (Fsp3) is 0.0667. The van der Waals surface area contributed by atoms with Crippen molar-refractivity contribution in [2.75, 3.05) is 6.61 Å². The molecule has 0 saturated heterocycles. The third kappa shape index (κ3) is 2.94. The predicted molar refractivity (Wildman–Crippen MR) is 75.4 cm³/mol. The fourth-order valence-electron chi connectivity index (χ4n) is 1.84. The van der Waals surface area contributed by atoms with Gasteiger partial charge < -0.3 is 4.74 Å². The minimum atomic E-state index is -0.127. The number of tetrazole rings is 1. The third-order valence-electron chi connectivity index (χ3n) is 2.87. The van der Waals surface area contributed by atoms with E-state index in [0.29, 0.717) is 5.56 Å². The first-order valence-corrected chi connectivity index (χ1v) is 6.39. The van der Waals surface area contributed by atoms with Gasteiger partial charge in [0.15, 0.2) is 12.4 Å². The normalized spacial score (nSPS) is 10.3. The van der Waals surface area contributed by atoms with E-state index >= 15 is 0 Å².